The molecule has 1 N–H and O–H groups in total. The van der Waals surface area contributed by atoms with E-state index in [1.54, 1.807) is 13.8 Å². The van der Waals surface area contributed by atoms with Gasteiger partial charge in [0.25, 0.3) is 0 Å². The zero-order valence-electron chi connectivity index (χ0n) is 12.3. The number of aliphatic hydroxyl groups excluding tert-OH is 1. The van der Waals surface area contributed by atoms with Gasteiger partial charge in [0.15, 0.2) is 0 Å². The van der Waals surface area contributed by atoms with E-state index in [1.165, 1.54) is 4.31 Å². The van der Waals surface area contributed by atoms with E-state index in [2.05, 4.69) is 6.92 Å². The average molecular weight is 301 g/mol. The summed E-state index contributed by atoms with van der Waals surface area (Å²) in [6, 6.07) is 0. The van der Waals surface area contributed by atoms with Crippen LogP contribution < -0.4 is 0 Å². The van der Waals surface area contributed by atoms with Crippen LogP contribution in [0.25, 0.3) is 0 Å². The summed E-state index contributed by atoms with van der Waals surface area (Å²) in [5.74, 6) is 1.46. The molecule has 0 atom stereocenters. The maximum atomic E-state index is 12.8. The minimum absolute atomic E-state index is 0.160. The molecule has 0 aliphatic carbocycles. The van der Waals surface area contributed by atoms with Crippen molar-refractivity contribution in [3.8, 4) is 0 Å². The van der Waals surface area contributed by atoms with E-state index in [-0.39, 0.29) is 11.5 Å². The first-order valence-electron chi connectivity index (χ1n) is 7.11. The van der Waals surface area contributed by atoms with Crippen molar-refractivity contribution in [2.45, 2.75) is 51.5 Å². The summed E-state index contributed by atoms with van der Waals surface area (Å²) in [5.41, 5.74) is 0.389. The van der Waals surface area contributed by atoms with Crippen LogP contribution >= 0.6 is 0 Å². The van der Waals surface area contributed by atoms with Gasteiger partial charge in [0.2, 0.25) is 10.0 Å². The predicted octanol–water partition coefficient (Wildman–Crippen LogP) is 2.20. The molecule has 20 heavy (non-hydrogen) atoms. The molecule has 0 radical (unpaired) electrons. The summed E-state index contributed by atoms with van der Waals surface area (Å²) in [6.45, 7) is 6.24. The zero-order valence-corrected chi connectivity index (χ0v) is 13.2. The summed E-state index contributed by atoms with van der Waals surface area (Å²) in [4.78, 5) is 0.160. The van der Waals surface area contributed by atoms with Gasteiger partial charge in [-0.1, -0.05) is 13.3 Å². The Morgan fingerprint density at radius 3 is 2.35 bits per heavy atom. The molecule has 1 aromatic heterocycles. The van der Waals surface area contributed by atoms with E-state index in [4.69, 9.17) is 4.42 Å². The zero-order chi connectivity index (χ0) is 14.9. The topological polar surface area (TPSA) is 70.8 Å². The molecule has 2 rings (SSSR count). The summed E-state index contributed by atoms with van der Waals surface area (Å²) in [6.07, 6.45) is 2.90. The maximum absolute atomic E-state index is 12.8. The summed E-state index contributed by atoms with van der Waals surface area (Å²) in [5, 5.41) is 9.41. The quantitative estimate of drug-likeness (QED) is 0.925. The van der Waals surface area contributed by atoms with Crippen molar-refractivity contribution in [3.63, 3.8) is 0 Å². The standard InChI is InChI=1S/C14H23NO4S/c1-4-12-5-7-15(8-6-12)20(17,18)14-11(3)19-10(2)13(14)9-16/h12,16H,4-9H2,1-3H3. The number of sulfonamides is 1. The molecule has 1 aliphatic heterocycles. The van der Waals surface area contributed by atoms with E-state index in [1.807, 2.05) is 0 Å². The molecule has 1 saturated heterocycles. The Hall–Kier alpha value is -0.850. The number of aliphatic hydroxyl groups is 1. The second-order valence-electron chi connectivity index (χ2n) is 5.44. The second kappa shape index (κ2) is 5.87. The van der Waals surface area contributed by atoms with Crippen LogP contribution in [0.5, 0.6) is 0 Å². The second-order valence-corrected chi connectivity index (χ2v) is 7.31. The van der Waals surface area contributed by atoms with E-state index in [9.17, 15) is 13.5 Å². The highest BCUT2D eigenvalue weighted by Gasteiger charge is 2.34. The van der Waals surface area contributed by atoms with Gasteiger partial charge in [-0.15, -0.1) is 0 Å². The molecule has 6 heteroatoms. The van der Waals surface area contributed by atoms with Gasteiger partial charge < -0.3 is 9.52 Å². The van der Waals surface area contributed by atoms with Crippen LogP contribution in [-0.4, -0.2) is 30.9 Å². The molecule has 2 heterocycles. The normalized spacial score (nSPS) is 18.6. The number of piperidine rings is 1. The van der Waals surface area contributed by atoms with Gasteiger partial charge in [-0.3, -0.25) is 0 Å². The van der Waals surface area contributed by atoms with Crippen molar-refractivity contribution in [2.75, 3.05) is 13.1 Å². The van der Waals surface area contributed by atoms with Gasteiger partial charge in [-0.2, -0.15) is 4.31 Å². The van der Waals surface area contributed by atoms with Crippen LogP contribution in [0, 0.1) is 19.8 Å². The Morgan fingerprint density at radius 2 is 1.85 bits per heavy atom. The minimum atomic E-state index is -3.57. The molecule has 5 nitrogen and oxygen atoms in total. The first kappa shape index (κ1) is 15.5. The molecule has 0 amide bonds. The third-order valence-electron chi connectivity index (χ3n) is 4.23. The fourth-order valence-corrected chi connectivity index (χ4v) is 4.79. The number of furan rings is 1. The Balaban J connectivity index is 2.32. The van der Waals surface area contributed by atoms with Crippen LogP contribution in [0.4, 0.5) is 0 Å². The van der Waals surface area contributed by atoms with Crippen molar-refractivity contribution < 1.29 is 17.9 Å². The molecule has 0 spiro atoms. The summed E-state index contributed by atoms with van der Waals surface area (Å²) < 4.78 is 32.4. The highest BCUT2D eigenvalue weighted by atomic mass is 32.2. The SMILES string of the molecule is CCC1CCN(S(=O)(=O)c2c(C)oc(C)c2CO)CC1. The van der Waals surface area contributed by atoms with Crippen molar-refractivity contribution in [3.05, 3.63) is 17.1 Å². The first-order valence-corrected chi connectivity index (χ1v) is 8.55. The highest BCUT2D eigenvalue weighted by Crippen LogP contribution is 2.31. The molecular weight excluding hydrogens is 278 g/mol. The maximum Gasteiger partial charge on any atom is 0.246 e. The third-order valence-corrected chi connectivity index (χ3v) is 6.33. The number of hydrogen-bond acceptors (Lipinski definition) is 4. The molecule has 114 valence electrons. The van der Waals surface area contributed by atoms with E-state index in [0.29, 0.717) is 36.1 Å². The highest BCUT2D eigenvalue weighted by molar-refractivity contribution is 7.89. The number of rotatable bonds is 4. The fourth-order valence-electron chi connectivity index (χ4n) is 2.92. The van der Waals surface area contributed by atoms with Gasteiger partial charge in [0.05, 0.1) is 6.61 Å². The molecule has 1 aromatic rings. The van der Waals surface area contributed by atoms with Crippen LogP contribution in [0.1, 0.15) is 43.3 Å². The van der Waals surface area contributed by atoms with E-state index < -0.39 is 10.0 Å². The van der Waals surface area contributed by atoms with E-state index >= 15 is 0 Å². The first-order chi connectivity index (χ1) is 9.41. The van der Waals surface area contributed by atoms with Crippen LogP contribution in [0.3, 0.4) is 0 Å². The van der Waals surface area contributed by atoms with E-state index in [0.717, 1.165) is 19.3 Å². The lowest BCUT2D eigenvalue weighted by Crippen LogP contribution is -2.38. The minimum Gasteiger partial charge on any atom is -0.465 e. The van der Waals surface area contributed by atoms with Gasteiger partial charge in [-0.25, -0.2) is 8.42 Å². The lowest BCUT2D eigenvalue weighted by molar-refractivity contribution is 0.265. The third kappa shape index (κ3) is 2.64. The smallest absolute Gasteiger partial charge is 0.246 e. The predicted molar refractivity (Wildman–Crippen MR) is 75.9 cm³/mol. The average Bonchev–Trinajstić information content (AvgIpc) is 2.73. The fraction of sp³-hybridized carbons (Fsp3) is 0.714. The Morgan fingerprint density at radius 1 is 1.25 bits per heavy atom. The lowest BCUT2D eigenvalue weighted by Gasteiger charge is -2.30. The molecule has 0 unspecified atom stereocenters. The summed E-state index contributed by atoms with van der Waals surface area (Å²) in [7, 11) is -3.57. The van der Waals surface area contributed by atoms with Crippen LogP contribution in [-0.2, 0) is 16.6 Å². The Labute approximate surface area is 120 Å². The summed E-state index contributed by atoms with van der Waals surface area (Å²) >= 11 is 0. The van der Waals surface area contributed by atoms with Crippen LogP contribution in [0.15, 0.2) is 9.31 Å². The molecule has 0 saturated carbocycles. The molecule has 1 aliphatic rings. The largest absolute Gasteiger partial charge is 0.465 e. The number of hydrogen-bond donors (Lipinski definition) is 1. The lowest BCUT2D eigenvalue weighted by atomic mass is 9.96. The van der Waals surface area contributed by atoms with Crippen LogP contribution in [0.2, 0.25) is 0 Å². The van der Waals surface area contributed by atoms with Gasteiger partial charge >= 0.3 is 0 Å². The van der Waals surface area contributed by atoms with Crippen molar-refractivity contribution in [2.24, 2.45) is 5.92 Å². The number of nitrogens with zero attached hydrogens (tertiary/aromatic N) is 1. The Kier molecular flexibility index (Phi) is 4.56. The molecule has 0 bridgehead atoms. The van der Waals surface area contributed by atoms with Crippen molar-refractivity contribution >= 4 is 10.0 Å². The monoisotopic (exact) mass is 301 g/mol. The van der Waals surface area contributed by atoms with Gasteiger partial charge in [-0.05, 0) is 32.6 Å². The Bertz CT molecular complexity index is 568. The van der Waals surface area contributed by atoms with Crippen molar-refractivity contribution in [1.82, 2.24) is 4.31 Å². The molecule has 0 aromatic carbocycles. The molecular formula is C14H23NO4S. The van der Waals surface area contributed by atoms with Crippen molar-refractivity contribution in [1.29, 1.82) is 0 Å². The van der Waals surface area contributed by atoms with Gasteiger partial charge in [0.1, 0.15) is 16.4 Å². The molecule has 1 fully saturated rings. The van der Waals surface area contributed by atoms with Gasteiger partial charge in [0, 0.05) is 18.7 Å². The number of aryl methyl sites for hydroxylation is 2.